The second-order valence-corrected chi connectivity index (χ2v) is 5.84. The first-order chi connectivity index (χ1) is 10.0. The molecule has 1 amide bonds. The first-order valence-electron chi connectivity index (χ1n) is 6.18. The first-order valence-corrected chi connectivity index (χ1v) is 7.35. The summed E-state index contributed by atoms with van der Waals surface area (Å²) in [6.45, 7) is 0. The summed E-state index contributed by atoms with van der Waals surface area (Å²) in [5, 5.41) is 4.22. The fraction of sp³-hybridized carbons (Fsp3) is 0. The SMILES string of the molecule is Nc1cccc2cc(C(=O)Nc3ccc(Br)c(Cl)c3)[nH]c12. The van der Waals surface area contributed by atoms with Gasteiger partial charge in [0, 0.05) is 15.5 Å². The highest BCUT2D eigenvalue weighted by Crippen LogP contribution is 2.26. The second kappa shape index (κ2) is 5.42. The number of nitrogens with two attached hydrogens (primary N) is 1. The summed E-state index contributed by atoms with van der Waals surface area (Å²) in [5.74, 6) is -0.246. The van der Waals surface area contributed by atoms with Crippen molar-refractivity contribution >= 4 is 55.7 Å². The molecule has 0 aliphatic rings. The highest BCUT2D eigenvalue weighted by Gasteiger charge is 2.11. The number of nitrogens with one attached hydrogen (secondary N) is 2. The van der Waals surface area contributed by atoms with Crippen molar-refractivity contribution in [2.75, 3.05) is 11.1 Å². The maximum atomic E-state index is 12.3. The number of H-pyrrole nitrogens is 1. The Balaban J connectivity index is 1.90. The van der Waals surface area contributed by atoms with Gasteiger partial charge < -0.3 is 16.0 Å². The molecule has 21 heavy (non-hydrogen) atoms. The van der Waals surface area contributed by atoms with Gasteiger partial charge in [0.05, 0.1) is 16.2 Å². The van der Waals surface area contributed by atoms with Crippen molar-refractivity contribution in [2.24, 2.45) is 0 Å². The minimum absolute atomic E-state index is 0.246. The maximum absolute atomic E-state index is 12.3. The molecule has 4 nitrogen and oxygen atoms in total. The third kappa shape index (κ3) is 2.75. The summed E-state index contributed by atoms with van der Waals surface area (Å²) >= 11 is 9.31. The van der Waals surface area contributed by atoms with E-state index >= 15 is 0 Å². The van der Waals surface area contributed by atoms with Crippen LogP contribution in [0.5, 0.6) is 0 Å². The number of hydrogen-bond donors (Lipinski definition) is 3. The lowest BCUT2D eigenvalue weighted by Gasteiger charge is -2.05. The molecule has 3 aromatic rings. The molecule has 0 saturated heterocycles. The third-order valence-electron chi connectivity index (χ3n) is 3.11. The Labute approximate surface area is 134 Å². The van der Waals surface area contributed by atoms with Gasteiger partial charge in [-0.3, -0.25) is 4.79 Å². The van der Waals surface area contributed by atoms with Crippen molar-refractivity contribution in [3.63, 3.8) is 0 Å². The average molecular weight is 365 g/mol. The molecule has 0 saturated carbocycles. The summed E-state index contributed by atoms with van der Waals surface area (Å²) in [6.07, 6.45) is 0. The number of carbonyl (C=O) groups is 1. The largest absolute Gasteiger partial charge is 0.397 e. The topological polar surface area (TPSA) is 70.9 Å². The van der Waals surface area contributed by atoms with Gasteiger partial charge in [0.25, 0.3) is 5.91 Å². The minimum atomic E-state index is -0.246. The van der Waals surface area contributed by atoms with Crippen molar-refractivity contribution in [3.8, 4) is 0 Å². The molecule has 0 radical (unpaired) electrons. The smallest absolute Gasteiger partial charge is 0.272 e. The van der Waals surface area contributed by atoms with Crippen LogP contribution in [0.1, 0.15) is 10.5 Å². The van der Waals surface area contributed by atoms with Crippen LogP contribution in [-0.2, 0) is 0 Å². The van der Waals surface area contributed by atoms with Crippen LogP contribution in [0.15, 0.2) is 46.9 Å². The number of nitrogen functional groups attached to an aromatic ring is 1. The normalized spacial score (nSPS) is 10.8. The van der Waals surface area contributed by atoms with E-state index in [-0.39, 0.29) is 5.91 Å². The van der Waals surface area contributed by atoms with Crippen LogP contribution in [0.4, 0.5) is 11.4 Å². The molecule has 0 aliphatic heterocycles. The monoisotopic (exact) mass is 363 g/mol. The van der Waals surface area contributed by atoms with Crippen LogP contribution in [0.25, 0.3) is 10.9 Å². The van der Waals surface area contributed by atoms with Gasteiger partial charge in [-0.15, -0.1) is 0 Å². The number of hydrogen-bond acceptors (Lipinski definition) is 2. The van der Waals surface area contributed by atoms with Gasteiger partial charge >= 0.3 is 0 Å². The molecule has 0 spiro atoms. The number of aromatic nitrogens is 1. The number of carbonyl (C=O) groups excluding carboxylic acids is 1. The lowest BCUT2D eigenvalue weighted by atomic mass is 10.2. The van der Waals surface area contributed by atoms with Gasteiger partial charge in [0.15, 0.2) is 0 Å². The van der Waals surface area contributed by atoms with Gasteiger partial charge in [0.2, 0.25) is 0 Å². The molecule has 0 fully saturated rings. The molecule has 6 heteroatoms. The number of para-hydroxylation sites is 1. The zero-order valence-corrected chi connectivity index (χ0v) is 13.1. The standard InChI is InChI=1S/C15H11BrClN3O/c16-10-5-4-9(7-11(10)17)19-15(21)13-6-8-2-1-3-12(18)14(8)20-13/h1-7,20H,18H2,(H,19,21). The van der Waals surface area contributed by atoms with Gasteiger partial charge in [-0.25, -0.2) is 0 Å². The third-order valence-corrected chi connectivity index (χ3v) is 4.34. The first kappa shape index (κ1) is 14.0. The van der Waals surface area contributed by atoms with Crippen LogP contribution < -0.4 is 11.1 Å². The Morgan fingerprint density at radius 1 is 1.24 bits per heavy atom. The molecule has 1 heterocycles. The molecule has 0 aliphatic carbocycles. The summed E-state index contributed by atoms with van der Waals surface area (Å²) in [5.41, 5.74) is 8.31. The zero-order chi connectivity index (χ0) is 15.0. The van der Waals surface area contributed by atoms with E-state index in [2.05, 4.69) is 26.2 Å². The minimum Gasteiger partial charge on any atom is -0.397 e. The van der Waals surface area contributed by atoms with Crippen molar-refractivity contribution in [1.82, 2.24) is 4.98 Å². The Morgan fingerprint density at radius 2 is 2.05 bits per heavy atom. The highest BCUT2D eigenvalue weighted by molar-refractivity contribution is 9.10. The summed E-state index contributed by atoms with van der Waals surface area (Å²) in [4.78, 5) is 15.3. The van der Waals surface area contributed by atoms with Crippen molar-refractivity contribution in [3.05, 3.63) is 57.7 Å². The maximum Gasteiger partial charge on any atom is 0.272 e. The van der Waals surface area contributed by atoms with E-state index in [1.54, 1.807) is 30.3 Å². The Bertz CT molecular complexity index is 844. The summed E-state index contributed by atoms with van der Waals surface area (Å²) in [6, 6.07) is 12.5. The number of anilines is 2. The second-order valence-electron chi connectivity index (χ2n) is 4.58. The predicted octanol–water partition coefficient (Wildman–Crippen LogP) is 4.42. The van der Waals surface area contributed by atoms with Gasteiger partial charge in [-0.2, -0.15) is 0 Å². The molecule has 0 bridgehead atoms. The molecule has 3 rings (SSSR count). The van der Waals surface area contributed by atoms with Crippen LogP contribution in [-0.4, -0.2) is 10.9 Å². The predicted molar refractivity (Wildman–Crippen MR) is 89.8 cm³/mol. The lowest BCUT2D eigenvalue weighted by molar-refractivity contribution is 0.102. The molecule has 0 atom stereocenters. The Morgan fingerprint density at radius 3 is 2.76 bits per heavy atom. The van der Waals surface area contributed by atoms with Crippen LogP contribution in [0.3, 0.4) is 0 Å². The number of benzene rings is 2. The van der Waals surface area contributed by atoms with Crippen molar-refractivity contribution in [2.45, 2.75) is 0 Å². The number of amides is 1. The zero-order valence-electron chi connectivity index (χ0n) is 10.8. The molecular weight excluding hydrogens is 354 g/mol. The van der Waals surface area contributed by atoms with Crippen molar-refractivity contribution < 1.29 is 4.79 Å². The van der Waals surface area contributed by atoms with Crippen LogP contribution >= 0.6 is 27.5 Å². The van der Waals surface area contributed by atoms with E-state index in [1.807, 2.05) is 12.1 Å². The Hall–Kier alpha value is -1.98. The fourth-order valence-electron chi connectivity index (χ4n) is 2.07. The van der Waals surface area contributed by atoms with Crippen LogP contribution in [0, 0.1) is 0 Å². The molecular formula is C15H11BrClN3O. The van der Waals surface area contributed by atoms with E-state index in [0.29, 0.717) is 22.1 Å². The molecule has 2 aromatic carbocycles. The molecule has 1 aromatic heterocycles. The van der Waals surface area contributed by atoms with E-state index in [4.69, 9.17) is 17.3 Å². The molecule has 106 valence electrons. The van der Waals surface area contributed by atoms with Gasteiger partial charge in [0.1, 0.15) is 5.69 Å². The molecule has 4 N–H and O–H groups in total. The quantitative estimate of drug-likeness (QED) is 0.589. The van der Waals surface area contributed by atoms with Crippen molar-refractivity contribution in [1.29, 1.82) is 0 Å². The number of fused-ring (bicyclic) bond motifs is 1. The van der Waals surface area contributed by atoms with E-state index in [1.165, 1.54) is 0 Å². The summed E-state index contributed by atoms with van der Waals surface area (Å²) < 4.78 is 0.778. The average Bonchev–Trinajstić information content (AvgIpc) is 2.89. The van der Waals surface area contributed by atoms with E-state index in [9.17, 15) is 4.79 Å². The fourth-order valence-corrected chi connectivity index (χ4v) is 2.50. The molecule has 0 unspecified atom stereocenters. The van der Waals surface area contributed by atoms with Gasteiger partial charge in [-0.1, -0.05) is 23.7 Å². The lowest BCUT2D eigenvalue weighted by Crippen LogP contribution is -2.12. The Kier molecular flexibility index (Phi) is 3.61. The van der Waals surface area contributed by atoms with E-state index in [0.717, 1.165) is 15.4 Å². The highest BCUT2D eigenvalue weighted by atomic mass is 79.9. The number of aromatic amines is 1. The number of halogens is 2. The van der Waals surface area contributed by atoms with E-state index < -0.39 is 0 Å². The van der Waals surface area contributed by atoms with Crippen LogP contribution in [0.2, 0.25) is 5.02 Å². The number of rotatable bonds is 2. The summed E-state index contributed by atoms with van der Waals surface area (Å²) in [7, 11) is 0. The van der Waals surface area contributed by atoms with Gasteiger partial charge in [-0.05, 0) is 46.3 Å².